The highest BCUT2D eigenvalue weighted by molar-refractivity contribution is 6.04. The van der Waals surface area contributed by atoms with E-state index >= 15 is 4.39 Å². The lowest BCUT2D eigenvalue weighted by molar-refractivity contribution is 0.102. The maximum Gasteiger partial charge on any atom is 0.320 e. The first-order valence-corrected chi connectivity index (χ1v) is 14.0. The third-order valence-electron chi connectivity index (χ3n) is 7.97. The molecule has 0 spiro atoms. The zero-order valence-corrected chi connectivity index (χ0v) is 24.0. The van der Waals surface area contributed by atoms with Crippen LogP contribution >= 0.6 is 0 Å². The second-order valence-corrected chi connectivity index (χ2v) is 11.3. The lowest BCUT2D eigenvalue weighted by Gasteiger charge is -2.38. The second-order valence-electron chi connectivity index (χ2n) is 11.3. The largest absolute Gasteiger partial charge is 0.354 e. The van der Waals surface area contributed by atoms with Crippen molar-refractivity contribution in [3.63, 3.8) is 0 Å². The predicted molar refractivity (Wildman–Crippen MR) is 153 cm³/mol. The van der Waals surface area contributed by atoms with Crippen LogP contribution in [0.3, 0.4) is 0 Å². The van der Waals surface area contributed by atoms with Gasteiger partial charge in [0.15, 0.2) is 5.84 Å². The van der Waals surface area contributed by atoms with Crippen LogP contribution in [-0.4, -0.2) is 113 Å². The lowest BCUT2D eigenvalue weighted by Crippen LogP contribution is -2.52. The summed E-state index contributed by atoms with van der Waals surface area (Å²) >= 11 is 0. The molecular formula is C29H39FN8O2. The predicted octanol–water partition coefficient (Wildman–Crippen LogP) is 2.90. The molecule has 1 N–H and O–H groups in total. The SMILES string of the molecule is CC1CN1/N=C(/c1cccc(NC(=O)c2cc3c(cc2F)CCN(C(=O)N2CCN(C)CC2)C3)n1)N(C)C(C)C. The standard InChI is InChI=1S/C29H39FN8O2/c1-19(2)35(5)27(33-38-17-20(38)3)25-7-6-8-26(31-25)32-28(39)23-15-22-18-37(10-9-21(22)16-24(23)30)29(40)36-13-11-34(4)12-14-36/h6-8,15-16,19-20H,9-14,17-18H2,1-5H3,(H,31,32,39)/b33-27-. The number of fused-ring (bicyclic) bond motifs is 1. The highest BCUT2D eigenvalue weighted by atomic mass is 19.1. The topological polar surface area (TPSA) is 87.4 Å². The molecule has 3 aliphatic rings. The number of amides is 3. The quantitative estimate of drug-likeness (QED) is 0.350. The molecular weight excluding hydrogens is 511 g/mol. The van der Waals surface area contributed by atoms with Gasteiger partial charge >= 0.3 is 6.03 Å². The lowest BCUT2D eigenvalue weighted by atomic mass is 9.96. The molecule has 2 fully saturated rings. The number of carbonyl (C=O) groups is 2. The number of carbonyl (C=O) groups excluding carboxylic acids is 2. The molecule has 0 bridgehead atoms. The Labute approximate surface area is 235 Å². The highest BCUT2D eigenvalue weighted by Gasteiger charge is 2.30. The molecule has 2 saturated heterocycles. The average Bonchev–Trinajstić information content (AvgIpc) is 3.64. The number of hydrazone groups is 1. The van der Waals surface area contributed by atoms with Crippen LogP contribution in [0.1, 0.15) is 48.0 Å². The number of urea groups is 1. The zero-order chi connectivity index (χ0) is 28.6. The number of likely N-dealkylation sites (N-methyl/N-ethyl adjacent to an activating group) is 1. The minimum absolute atomic E-state index is 0.00385. The Morgan fingerprint density at radius 2 is 1.82 bits per heavy atom. The van der Waals surface area contributed by atoms with Gasteiger partial charge in [-0.05, 0) is 69.6 Å². The maximum absolute atomic E-state index is 15.1. The smallest absolute Gasteiger partial charge is 0.320 e. The summed E-state index contributed by atoms with van der Waals surface area (Å²) < 4.78 is 15.1. The van der Waals surface area contributed by atoms with Crippen molar-refractivity contribution < 1.29 is 14.0 Å². The molecule has 3 aliphatic heterocycles. The molecule has 3 amide bonds. The van der Waals surface area contributed by atoms with E-state index in [9.17, 15) is 9.59 Å². The Balaban J connectivity index is 1.32. The Kier molecular flexibility index (Phi) is 7.93. The Morgan fingerprint density at radius 1 is 1.10 bits per heavy atom. The molecule has 1 aromatic heterocycles. The van der Waals surface area contributed by atoms with Gasteiger partial charge in [-0.15, -0.1) is 0 Å². The van der Waals surface area contributed by atoms with Crippen LogP contribution in [0.2, 0.25) is 0 Å². The van der Waals surface area contributed by atoms with Gasteiger partial charge in [0, 0.05) is 52.4 Å². The highest BCUT2D eigenvalue weighted by Crippen LogP contribution is 2.25. The van der Waals surface area contributed by atoms with Crippen LogP contribution in [0.15, 0.2) is 35.4 Å². The monoisotopic (exact) mass is 550 g/mol. The fourth-order valence-electron chi connectivity index (χ4n) is 4.96. The number of aromatic nitrogens is 1. The molecule has 1 unspecified atom stereocenters. The van der Waals surface area contributed by atoms with Gasteiger partial charge < -0.3 is 24.9 Å². The minimum atomic E-state index is -0.581. The van der Waals surface area contributed by atoms with E-state index in [0.717, 1.165) is 30.8 Å². The summed E-state index contributed by atoms with van der Waals surface area (Å²) in [5.41, 5.74) is 2.18. The molecule has 4 heterocycles. The molecule has 40 heavy (non-hydrogen) atoms. The summed E-state index contributed by atoms with van der Waals surface area (Å²) in [5, 5.41) is 9.52. The maximum atomic E-state index is 15.1. The number of amidine groups is 1. The van der Waals surface area contributed by atoms with Crippen molar-refractivity contribution in [1.29, 1.82) is 0 Å². The van der Waals surface area contributed by atoms with Crippen molar-refractivity contribution in [3.05, 3.63) is 58.5 Å². The number of anilines is 1. The Morgan fingerprint density at radius 3 is 2.50 bits per heavy atom. The molecule has 5 rings (SSSR count). The molecule has 0 aliphatic carbocycles. The molecule has 0 saturated carbocycles. The number of benzene rings is 1. The van der Waals surface area contributed by atoms with Crippen molar-refractivity contribution in [2.45, 2.75) is 45.8 Å². The van der Waals surface area contributed by atoms with Crippen LogP contribution in [0, 0.1) is 5.82 Å². The third kappa shape index (κ3) is 6.04. The fraction of sp³-hybridized carbons (Fsp3) is 0.517. The van der Waals surface area contributed by atoms with E-state index in [4.69, 9.17) is 5.10 Å². The summed E-state index contributed by atoms with van der Waals surface area (Å²) in [6.45, 7) is 11.1. The Hall–Kier alpha value is -3.73. The molecule has 0 radical (unpaired) electrons. The van der Waals surface area contributed by atoms with Crippen molar-refractivity contribution in [1.82, 2.24) is 29.6 Å². The number of pyridine rings is 1. The molecule has 10 nitrogen and oxygen atoms in total. The van der Waals surface area contributed by atoms with Crippen LogP contribution in [0.25, 0.3) is 0 Å². The van der Waals surface area contributed by atoms with Gasteiger partial charge in [0.25, 0.3) is 5.91 Å². The van der Waals surface area contributed by atoms with Crippen molar-refractivity contribution in [3.8, 4) is 0 Å². The first kappa shape index (κ1) is 27.8. The molecule has 1 aromatic carbocycles. The number of hydrogen-bond acceptors (Lipinski definition) is 6. The number of nitrogens with one attached hydrogen (secondary N) is 1. The van der Waals surface area contributed by atoms with E-state index < -0.39 is 11.7 Å². The number of halogens is 1. The van der Waals surface area contributed by atoms with Gasteiger partial charge in [0.05, 0.1) is 18.2 Å². The summed E-state index contributed by atoms with van der Waals surface area (Å²) in [7, 11) is 4.01. The van der Waals surface area contributed by atoms with E-state index in [2.05, 4.69) is 43.0 Å². The molecule has 2 aromatic rings. The van der Waals surface area contributed by atoms with E-state index in [1.54, 1.807) is 23.1 Å². The van der Waals surface area contributed by atoms with Gasteiger partial charge in [-0.3, -0.25) is 9.80 Å². The number of nitrogens with zero attached hydrogens (tertiary/aromatic N) is 7. The van der Waals surface area contributed by atoms with Gasteiger partial charge in [0.2, 0.25) is 0 Å². The van der Waals surface area contributed by atoms with Crippen molar-refractivity contribution in [2.24, 2.45) is 5.10 Å². The van der Waals surface area contributed by atoms with Gasteiger partial charge in [-0.2, -0.15) is 5.10 Å². The summed E-state index contributed by atoms with van der Waals surface area (Å²) in [4.78, 5) is 38.9. The van der Waals surface area contributed by atoms with Crippen molar-refractivity contribution >= 4 is 23.6 Å². The second kappa shape index (κ2) is 11.4. The van der Waals surface area contributed by atoms with Crippen LogP contribution in [0.4, 0.5) is 15.0 Å². The minimum Gasteiger partial charge on any atom is -0.354 e. The fourth-order valence-corrected chi connectivity index (χ4v) is 4.96. The van der Waals surface area contributed by atoms with Crippen LogP contribution in [-0.2, 0) is 13.0 Å². The van der Waals surface area contributed by atoms with Gasteiger partial charge in [-0.25, -0.2) is 14.2 Å². The molecule has 1 atom stereocenters. The van der Waals surface area contributed by atoms with Crippen LogP contribution < -0.4 is 5.32 Å². The number of rotatable bonds is 5. The third-order valence-corrected chi connectivity index (χ3v) is 7.97. The average molecular weight is 551 g/mol. The first-order valence-electron chi connectivity index (χ1n) is 14.0. The van der Waals surface area contributed by atoms with Crippen molar-refractivity contribution in [2.75, 3.05) is 58.7 Å². The number of hydrogen-bond donors (Lipinski definition) is 1. The van der Waals surface area contributed by atoms with Crippen LogP contribution in [0.5, 0.6) is 0 Å². The normalized spacial score (nSPS) is 19.5. The number of piperazine rings is 1. The summed E-state index contributed by atoms with van der Waals surface area (Å²) in [6, 6.07) is 8.93. The van der Waals surface area contributed by atoms with E-state index in [0.29, 0.717) is 56.0 Å². The van der Waals surface area contributed by atoms with Gasteiger partial charge in [-0.1, -0.05) is 6.07 Å². The van der Waals surface area contributed by atoms with E-state index in [-0.39, 0.29) is 17.6 Å². The zero-order valence-electron chi connectivity index (χ0n) is 24.0. The summed E-state index contributed by atoms with van der Waals surface area (Å²) in [5.74, 6) is -0.137. The van der Waals surface area contributed by atoms with Gasteiger partial charge in [0.1, 0.15) is 17.3 Å². The van der Waals surface area contributed by atoms with E-state index in [1.807, 2.05) is 27.9 Å². The first-order chi connectivity index (χ1) is 19.1. The Bertz CT molecular complexity index is 1310. The summed E-state index contributed by atoms with van der Waals surface area (Å²) in [6.07, 6.45) is 0.554. The molecule has 11 heteroatoms. The molecule has 214 valence electrons. The van der Waals surface area contributed by atoms with E-state index in [1.165, 1.54) is 6.07 Å².